The molecule has 0 bridgehead atoms. The lowest BCUT2D eigenvalue weighted by molar-refractivity contribution is -0.143. The van der Waals surface area contributed by atoms with E-state index in [1.54, 1.807) is 49.4 Å². The monoisotopic (exact) mass is 604 g/mol. The number of thioether (sulfide) groups is 1. The first kappa shape index (κ1) is 30.2. The Morgan fingerprint density at radius 3 is 2.21 bits per heavy atom. The van der Waals surface area contributed by atoms with Gasteiger partial charge in [-0.2, -0.15) is 13.2 Å². The zero-order chi connectivity index (χ0) is 27.9. The van der Waals surface area contributed by atoms with Crippen molar-refractivity contribution in [1.29, 1.82) is 0 Å². The second-order valence-corrected chi connectivity index (χ2v) is 11.6. The van der Waals surface area contributed by atoms with Gasteiger partial charge in [-0.05, 0) is 53.9 Å². The van der Waals surface area contributed by atoms with Crippen LogP contribution in [-0.2, 0) is 26.2 Å². The zero-order valence-corrected chi connectivity index (χ0v) is 23.0. The minimum atomic E-state index is -4.49. The van der Waals surface area contributed by atoms with Gasteiger partial charge in [-0.3, -0.25) is 4.79 Å². The predicted molar refractivity (Wildman–Crippen MR) is 143 cm³/mol. The van der Waals surface area contributed by atoms with Crippen molar-refractivity contribution < 1.29 is 32.2 Å². The molecule has 0 aliphatic carbocycles. The molecule has 0 fully saturated rings. The highest BCUT2D eigenvalue weighted by Crippen LogP contribution is 2.34. The molecule has 0 aromatic heterocycles. The molecule has 0 heterocycles. The second kappa shape index (κ2) is 13.1. The summed E-state index contributed by atoms with van der Waals surface area (Å²) in [4.78, 5) is 26.1. The fraction of sp³-hybridized carbons (Fsp3) is 0.259. The number of ether oxygens (including phenoxy) is 2. The van der Waals surface area contributed by atoms with Crippen molar-refractivity contribution in [2.24, 2.45) is 0 Å². The molecule has 0 aliphatic rings. The molecule has 0 spiro atoms. The lowest BCUT2D eigenvalue weighted by Gasteiger charge is -2.18. The van der Waals surface area contributed by atoms with Gasteiger partial charge in [-0.15, -0.1) is 11.8 Å². The average molecular weight is 606 g/mol. The summed E-state index contributed by atoms with van der Waals surface area (Å²) in [6.45, 7) is 1.37. The van der Waals surface area contributed by atoms with E-state index in [-0.39, 0.29) is 6.61 Å². The van der Waals surface area contributed by atoms with Crippen LogP contribution in [0.1, 0.15) is 45.5 Å². The summed E-state index contributed by atoms with van der Waals surface area (Å²) in [5, 5.41) is 0. The first-order valence-electron chi connectivity index (χ1n) is 11.3. The van der Waals surface area contributed by atoms with Gasteiger partial charge in [0.05, 0.1) is 17.7 Å². The van der Waals surface area contributed by atoms with Crippen LogP contribution < -0.4 is 0 Å². The lowest BCUT2D eigenvalue weighted by atomic mass is 9.91. The molecule has 0 radical (unpaired) electrons. The van der Waals surface area contributed by atoms with Crippen LogP contribution in [0.25, 0.3) is 0 Å². The van der Waals surface area contributed by atoms with Crippen molar-refractivity contribution in [2.75, 3.05) is 13.2 Å². The Balaban J connectivity index is 1.83. The summed E-state index contributed by atoms with van der Waals surface area (Å²) in [6, 6.07) is 18.3. The maximum Gasteiger partial charge on any atom is 0.416 e. The molecule has 38 heavy (non-hydrogen) atoms. The molecule has 3 rings (SSSR count). The number of halogens is 6. The summed E-state index contributed by atoms with van der Waals surface area (Å²) in [5.41, 5.74) is 1.13. The Bertz CT molecular complexity index is 1260. The Labute approximate surface area is 237 Å². The molecule has 3 aromatic carbocycles. The van der Waals surface area contributed by atoms with Crippen molar-refractivity contribution in [1.82, 2.24) is 0 Å². The van der Waals surface area contributed by atoms with Crippen LogP contribution in [0.2, 0.25) is 0 Å². The van der Waals surface area contributed by atoms with E-state index >= 15 is 0 Å². The van der Waals surface area contributed by atoms with E-state index in [4.69, 9.17) is 44.3 Å². The van der Waals surface area contributed by atoms with Crippen LogP contribution in [0.4, 0.5) is 13.2 Å². The van der Waals surface area contributed by atoms with Gasteiger partial charge in [0.1, 0.15) is 12.5 Å². The Morgan fingerprint density at radius 2 is 1.58 bits per heavy atom. The molecule has 0 saturated heterocycles. The maximum atomic E-state index is 13.0. The smallest absolute Gasteiger partial charge is 0.416 e. The minimum Gasteiger partial charge on any atom is -0.465 e. The van der Waals surface area contributed by atoms with Gasteiger partial charge in [-0.25, -0.2) is 4.79 Å². The van der Waals surface area contributed by atoms with E-state index in [0.717, 1.165) is 17.0 Å². The molecule has 11 heteroatoms. The molecule has 1 atom stereocenters. The van der Waals surface area contributed by atoms with Crippen LogP contribution in [-0.4, -0.2) is 28.9 Å². The summed E-state index contributed by atoms with van der Waals surface area (Å²) >= 11 is 18.4. The number of hydrogen-bond donors (Lipinski definition) is 0. The SMILES string of the molecule is CCOC(=O)C(c1ccc(C(F)(F)F)cc1)c1cccc(SCc2ccccc2C(=O)OCC(Cl)(Cl)Cl)c1. The Hall–Kier alpha value is -2.39. The third-order valence-corrected chi connectivity index (χ3v) is 6.65. The fourth-order valence-corrected chi connectivity index (χ4v) is 4.70. The summed E-state index contributed by atoms with van der Waals surface area (Å²) < 4.78 is 47.7. The first-order chi connectivity index (χ1) is 17.9. The molecule has 0 amide bonds. The van der Waals surface area contributed by atoms with E-state index in [0.29, 0.717) is 28.0 Å². The van der Waals surface area contributed by atoms with Crippen molar-refractivity contribution >= 4 is 58.5 Å². The number of hydrogen-bond acceptors (Lipinski definition) is 5. The minimum absolute atomic E-state index is 0.121. The van der Waals surface area contributed by atoms with Crippen LogP contribution in [0, 0.1) is 0 Å². The molecule has 4 nitrogen and oxygen atoms in total. The lowest BCUT2D eigenvalue weighted by Crippen LogP contribution is -2.18. The van der Waals surface area contributed by atoms with Crippen LogP contribution in [0.3, 0.4) is 0 Å². The van der Waals surface area contributed by atoms with Crippen LogP contribution in [0.5, 0.6) is 0 Å². The van der Waals surface area contributed by atoms with Crippen molar-refractivity contribution in [3.05, 3.63) is 101 Å². The molecule has 0 N–H and O–H groups in total. The predicted octanol–water partition coefficient (Wildman–Crippen LogP) is 8.22. The normalized spacial score (nSPS) is 12.6. The van der Waals surface area contributed by atoms with Gasteiger partial charge in [0.25, 0.3) is 0 Å². The van der Waals surface area contributed by atoms with Crippen molar-refractivity contribution in [3.63, 3.8) is 0 Å². The number of carbonyl (C=O) groups is 2. The Morgan fingerprint density at radius 1 is 0.895 bits per heavy atom. The summed E-state index contributed by atoms with van der Waals surface area (Å²) in [6.07, 6.45) is -4.49. The highest BCUT2D eigenvalue weighted by atomic mass is 35.6. The van der Waals surface area contributed by atoms with Gasteiger partial charge in [-0.1, -0.05) is 77.3 Å². The number of rotatable bonds is 9. The standard InChI is InChI=1S/C27H22Cl3F3O4S/c1-2-36-25(35)23(17-10-12-20(13-11-17)27(31,32)33)18-7-5-8-21(14-18)38-15-19-6-3-4-9-22(19)24(34)37-16-26(28,29)30/h3-14,23H,2,15-16H2,1H3. The van der Waals surface area contributed by atoms with Crippen LogP contribution in [0.15, 0.2) is 77.7 Å². The van der Waals surface area contributed by atoms with Gasteiger partial charge in [0.2, 0.25) is 3.79 Å². The number of benzene rings is 3. The van der Waals surface area contributed by atoms with E-state index in [1.807, 2.05) is 6.07 Å². The van der Waals surface area contributed by atoms with Crippen molar-refractivity contribution in [3.8, 4) is 0 Å². The highest BCUT2D eigenvalue weighted by molar-refractivity contribution is 7.98. The van der Waals surface area contributed by atoms with E-state index in [9.17, 15) is 22.8 Å². The molecule has 3 aromatic rings. The van der Waals surface area contributed by atoms with Gasteiger partial charge >= 0.3 is 18.1 Å². The second-order valence-electron chi connectivity index (χ2n) is 8.01. The van der Waals surface area contributed by atoms with Gasteiger partial charge in [0.15, 0.2) is 0 Å². The number of esters is 2. The van der Waals surface area contributed by atoms with E-state index in [2.05, 4.69) is 0 Å². The average Bonchev–Trinajstić information content (AvgIpc) is 2.86. The molecule has 0 aliphatic heterocycles. The summed E-state index contributed by atoms with van der Waals surface area (Å²) in [7, 11) is 0. The van der Waals surface area contributed by atoms with Gasteiger partial charge in [0, 0.05) is 10.6 Å². The molecular weight excluding hydrogens is 584 g/mol. The summed E-state index contributed by atoms with van der Waals surface area (Å²) in [5.74, 6) is -1.74. The van der Waals surface area contributed by atoms with E-state index < -0.39 is 40.0 Å². The maximum absolute atomic E-state index is 13.0. The fourth-order valence-electron chi connectivity index (χ4n) is 3.57. The Kier molecular flexibility index (Phi) is 10.4. The third-order valence-electron chi connectivity index (χ3n) is 5.28. The van der Waals surface area contributed by atoms with Gasteiger partial charge < -0.3 is 9.47 Å². The highest BCUT2D eigenvalue weighted by Gasteiger charge is 2.31. The quantitative estimate of drug-likeness (QED) is 0.140. The van der Waals surface area contributed by atoms with E-state index in [1.165, 1.54) is 23.9 Å². The number of alkyl halides is 6. The topological polar surface area (TPSA) is 52.6 Å². The largest absolute Gasteiger partial charge is 0.465 e. The third kappa shape index (κ3) is 8.56. The molecule has 0 saturated carbocycles. The number of carbonyl (C=O) groups excluding carboxylic acids is 2. The molecule has 1 unspecified atom stereocenters. The zero-order valence-electron chi connectivity index (χ0n) is 19.9. The van der Waals surface area contributed by atoms with Crippen LogP contribution >= 0.6 is 46.6 Å². The van der Waals surface area contributed by atoms with Crippen molar-refractivity contribution in [2.45, 2.75) is 33.5 Å². The molecule has 202 valence electrons. The first-order valence-corrected chi connectivity index (χ1v) is 13.4. The molecular formula is C27H22Cl3F3O4S.